The highest BCUT2D eigenvalue weighted by molar-refractivity contribution is 5.76. The number of carbonyl (C=O) groups excluding carboxylic acids is 1. The Balaban J connectivity index is 1.90. The molecule has 0 unspecified atom stereocenters. The van der Waals surface area contributed by atoms with Crippen molar-refractivity contribution in [2.75, 3.05) is 19.6 Å². The van der Waals surface area contributed by atoms with Gasteiger partial charge in [0.05, 0.1) is 0 Å². The lowest BCUT2D eigenvalue weighted by Gasteiger charge is -2.23. The molecule has 2 heterocycles. The van der Waals surface area contributed by atoms with Crippen LogP contribution >= 0.6 is 0 Å². The van der Waals surface area contributed by atoms with E-state index in [0.717, 1.165) is 24.3 Å². The van der Waals surface area contributed by atoms with Gasteiger partial charge in [0.1, 0.15) is 11.6 Å². The van der Waals surface area contributed by atoms with Gasteiger partial charge < -0.3 is 10.3 Å². The summed E-state index contributed by atoms with van der Waals surface area (Å²) in [6.07, 6.45) is 3.35. The molecule has 0 spiro atoms. The molecule has 1 aromatic heterocycles. The Morgan fingerprint density at radius 2 is 2.04 bits per heavy atom. The molecule has 1 atom stereocenters. The van der Waals surface area contributed by atoms with E-state index in [4.69, 9.17) is 5.26 Å². The average molecular weight is 330 g/mol. The fourth-order valence-electron chi connectivity index (χ4n) is 3.32. The van der Waals surface area contributed by atoms with E-state index in [1.807, 2.05) is 6.07 Å². The number of carbonyl (C=O) groups is 1. The summed E-state index contributed by atoms with van der Waals surface area (Å²) in [6, 6.07) is 2.30. The quantitative estimate of drug-likeness (QED) is 0.825. The number of rotatable bonds is 6. The summed E-state index contributed by atoms with van der Waals surface area (Å²) in [4.78, 5) is 28.9. The summed E-state index contributed by atoms with van der Waals surface area (Å²) >= 11 is 0. The van der Waals surface area contributed by atoms with Crippen molar-refractivity contribution in [3.8, 4) is 6.07 Å². The van der Waals surface area contributed by atoms with Crippen LogP contribution < -0.4 is 10.9 Å². The van der Waals surface area contributed by atoms with Crippen molar-refractivity contribution in [2.24, 2.45) is 0 Å². The van der Waals surface area contributed by atoms with Gasteiger partial charge in [-0.15, -0.1) is 0 Å². The van der Waals surface area contributed by atoms with Gasteiger partial charge in [0.15, 0.2) is 0 Å². The first-order valence-electron chi connectivity index (χ1n) is 8.57. The van der Waals surface area contributed by atoms with Gasteiger partial charge in [-0.2, -0.15) is 5.26 Å². The van der Waals surface area contributed by atoms with Crippen LogP contribution in [0.25, 0.3) is 0 Å². The first-order valence-corrected chi connectivity index (χ1v) is 8.57. The molecule has 1 aliphatic heterocycles. The highest BCUT2D eigenvalue weighted by Gasteiger charge is 2.18. The van der Waals surface area contributed by atoms with E-state index < -0.39 is 0 Å². The van der Waals surface area contributed by atoms with Crippen LogP contribution in [0.15, 0.2) is 4.79 Å². The number of aromatic nitrogens is 1. The maximum atomic E-state index is 12.1. The molecule has 6 nitrogen and oxygen atoms in total. The van der Waals surface area contributed by atoms with Crippen molar-refractivity contribution in [1.29, 1.82) is 5.26 Å². The minimum atomic E-state index is -0.361. The van der Waals surface area contributed by atoms with Gasteiger partial charge in [0.2, 0.25) is 5.91 Å². The number of H-pyrrole nitrogens is 1. The standard InChI is InChI=1S/C18H26N4O2/c1-12(22-8-4-5-9-22)11-20-17(23)7-6-15-13(2)16(10-19)18(24)21-14(15)3/h12H,4-9,11H2,1-3H3,(H,20,23)(H,21,24)/t12-/m1/s1. The largest absolute Gasteiger partial charge is 0.355 e. The molecule has 1 aromatic rings. The molecule has 0 radical (unpaired) electrons. The molecule has 1 saturated heterocycles. The minimum Gasteiger partial charge on any atom is -0.355 e. The molecule has 1 amide bonds. The number of aromatic amines is 1. The number of nitriles is 1. The van der Waals surface area contributed by atoms with Gasteiger partial charge in [0, 0.05) is 24.7 Å². The number of nitrogens with zero attached hydrogens (tertiary/aromatic N) is 2. The van der Waals surface area contributed by atoms with E-state index in [9.17, 15) is 9.59 Å². The van der Waals surface area contributed by atoms with E-state index in [0.29, 0.717) is 31.0 Å². The Kier molecular flexibility index (Phi) is 6.16. The number of amides is 1. The number of aryl methyl sites for hydroxylation is 1. The smallest absolute Gasteiger partial charge is 0.266 e. The zero-order valence-electron chi connectivity index (χ0n) is 14.7. The van der Waals surface area contributed by atoms with Crippen molar-refractivity contribution >= 4 is 5.91 Å². The van der Waals surface area contributed by atoms with Crippen molar-refractivity contribution in [1.82, 2.24) is 15.2 Å². The Bertz CT molecular complexity index is 696. The minimum absolute atomic E-state index is 0.00422. The average Bonchev–Trinajstić information content (AvgIpc) is 3.07. The van der Waals surface area contributed by atoms with Crippen LogP contribution in [-0.2, 0) is 11.2 Å². The molecule has 0 aromatic carbocycles. The second kappa shape index (κ2) is 8.11. The zero-order chi connectivity index (χ0) is 17.7. The number of pyridine rings is 1. The molecule has 0 aliphatic carbocycles. The summed E-state index contributed by atoms with van der Waals surface area (Å²) < 4.78 is 0. The summed E-state index contributed by atoms with van der Waals surface area (Å²) in [5.41, 5.74) is 2.07. The van der Waals surface area contributed by atoms with Crippen LogP contribution in [0.4, 0.5) is 0 Å². The molecule has 2 rings (SSSR count). The highest BCUT2D eigenvalue weighted by Crippen LogP contribution is 2.15. The molecule has 6 heteroatoms. The summed E-state index contributed by atoms with van der Waals surface area (Å²) in [6.45, 7) is 8.60. The fraction of sp³-hybridized carbons (Fsp3) is 0.611. The lowest BCUT2D eigenvalue weighted by molar-refractivity contribution is -0.121. The van der Waals surface area contributed by atoms with Gasteiger partial charge in [0.25, 0.3) is 5.56 Å². The molecule has 1 fully saturated rings. The second-order valence-electron chi connectivity index (χ2n) is 6.57. The molecule has 130 valence electrons. The molecule has 0 saturated carbocycles. The summed E-state index contributed by atoms with van der Waals surface area (Å²) in [5.74, 6) is 0.00422. The highest BCUT2D eigenvalue weighted by atomic mass is 16.1. The molecule has 24 heavy (non-hydrogen) atoms. The zero-order valence-corrected chi connectivity index (χ0v) is 14.7. The third-order valence-electron chi connectivity index (χ3n) is 4.88. The Labute approximate surface area is 142 Å². The van der Waals surface area contributed by atoms with Gasteiger partial charge in [-0.25, -0.2) is 0 Å². The molecule has 0 bridgehead atoms. The Hall–Kier alpha value is -2.13. The predicted octanol–water partition coefficient (Wildman–Crippen LogP) is 1.40. The van der Waals surface area contributed by atoms with Crippen LogP contribution in [-0.4, -0.2) is 41.5 Å². The SMILES string of the molecule is Cc1[nH]c(=O)c(C#N)c(C)c1CCC(=O)NC[C@@H](C)N1CCCC1. The summed E-state index contributed by atoms with van der Waals surface area (Å²) in [7, 11) is 0. The first-order chi connectivity index (χ1) is 11.4. The normalized spacial score (nSPS) is 15.9. The number of hydrogen-bond acceptors (Lipinski definition) is 4. The van der Waals surface area contributed by atoms with Crippen LogP contribution in [0, 0.1) is 25.2 Å². The maximum Gasteiger partial charge on any atom is 0.266 e. The number of nitrogens with one attached hydrogen (secondary N) is 2. The van der Waals surface area contributed by atoms with Crippen molar-refractivity contribution in [3.63, 3.8) is 0 Å². The molecule has 1 aliphatic rings. The number of likely N-dealkylation sites (tertiary alicyclic amines) is 1. The van der Waals surface area contributed by atoms with E-state index in [1.165, 1.54) is 12.8 Å². The van der Waals surface area contributed by atoms with Crippen LogP contribution in [0.5, 0.6) is 0 Å². The molecule has 2 N–H and O–H groups in total. The second-order valence-corrected chi connectivity index (χ2v) is 6.57. The lowest BCUT2D eigenvalue weighted by Crippen LogP contribution is -2.40. The van der Waals surface area contributed by atoms with Crippen LogP contribution in [0.2, 0.25) is 0 Å². The van der Waals surface area contributed by atoms with Crippen LogP contribution in [0.3, 0.4) is 0 Å². The Morgan fingerprint density at radius 3 is 2.67 bits per heavy atom. The van der Waals surface area contributed by atoms with Gasteiger partial charge in [-0.3, -0.25) is 14.5 Å². The molecular weight excluding hydrogens is 304 g/mol. The fourth-order valence-corrected chi connectivity index (χ4v) is 3.32. The lowest BCUT2D eigenvalue weighted by atomic mass is 9.99. The van der Waals surface area contributed by atoms with Crippen molar-refractivity contribution < 1.29 is 4.79 Å². The number of hydrogen-bond donors (Lipinski definition) is 2. The van der Waals surface area contributed by atoms with E-state index in [1.54, 1.807) is 13.8 Å². The maximum absolute atomic E-state index is 12.1. The third kappa shape index (κ3) is 4.24. The van der Waals surface area contributed by atoms with E-state index >= 15 is 0 Å². The predicted molar refractivity (Wildman–Crippen MR) is 92.9 cm³/mol. The third-order valence-corrected chi connectivity index (χ3v) is 4.88. The van der Waals surface area contributed by atoms with Gasteiger partial charge in [-0.05, 0) is 64.3 Å². The van der Waals surface area contributed by atoms with Gasteiger partial charge in [-0.1, -0.05) is 0 Å². The first kappa shape index (κ1) is 18.2. The summed E-state index contributed by atoms with van der Waals surface area (Å²) in [5, 5.41) is 12.1. The van der Waals surface area contributed by atoms with E-state index in [2.05, 4.69) is 22.1 Å². The van der Waals surface area contributed by atoms with Crippen molar-refractivity contribution in [2.45, 2.75) is 52.5 Å². The van der Waals surface area contributed by atoms with Gasteiger partial charge >= 0.3 is 0 Å². The van der Waals surface area contributed by atoms with E-state index in [-0.39, 0.29) is 17.0 Å². The Morgan fingerprint density at radius 1 is 1.38 bits per heavy atom. The van der Waals surface area contributed by atoms with Crippen molar-refractivity contribution in [3.05, 3.63) is 32.7 Å². The monoisotopic (exact) mass is 330 g/mol. The topological polar surface area (TPSA) is 89.0 Å². The van der Waals surface area contributed by atoms with Crippen LogP contribution in [0.1, 0.15) is 48.6 Å². The molecular formula is C18H26N4O2.